The number of piperidine rings is 1. The summed E-state index contributed by atoms with van der Waals surface area (Å²) >= 11 is 6.14. The van der Waals surface area contributed by atoms with E-state index in [1.165, 1.54) is 12.8 Å². The number of aromatic nitrogens is 2. The van der Waals surface area contributed by atoms with Gasteiger partial charge in [-0.05, 0) is 38.6 Å². The first kappa shape index (κ1) is 13.6. The maximum atomic E-state index is 12.5. The quantitative estimate of drug-likeness (QED) is 0.853. The van der Waals surface area contributed by atoms with Crippen LogP contribution < -0.4 is 5.56 Å². The molecule has 0 spiro atoms. The second-order valence-electron chi connectivity index (χ2n) is 5.47. The van der Waals surface area contributed by atoms with Crippen molar-refractivity contribution in [2.45, 2.75) is 31.8 Å². The van der Waals surface area contributed by atoms with E-state index in [4.69, 9.17) is 11.6 Å². The van der Waals surface area contributed by atoms with E-state index in [9.17, 15) is 4.79 Å². The van der Waals surface area contributed by atoms with Gasteiger partial charge < -0.3 is 4.90 Å². The molecule has 4 nitrogen and oxygen atoms in total. The summed E-state index contributed by atoms with van der Waals surface area (Å²) in [7, 11) is 2.12. The van der Waals surface area contributed by atoms with E-state index < -0.39 is 0 Å². The summed E-state index contributed by atoms with van der Waals surface area (Å²) in [4.78, 5) is 19.2. The normalized spacial score (nSPS) is 20.4. The smallest absolute Gasteiger partial charge is 0.262 e. The Morgan fingerprint density at radius 2 is 2.25 bits per heavy atom. The molecule has 0 saturated carbocycles. The Morgan fingerprint density at radius 3 is 3.05 bits per heavy atom. The highest BCUT2D eigenvalue weighted by Crippen LogP contribution is 2.19. The van der Waals surface area contributed by atoms with Crippen LogP contribution >= 0.6 is 11.6 Å². The van der Waals surface area contributed by atoms with E-state index in [2.05, 4.69) is 16.9 Å². The standard InChI is InChI=1S/C15H18ClN3O/c1-18-8-3-2-5-11(18)9-19-10-17-13-7-4-6-12(16)14(13)15(19)20/h4,6-7,10-11H,2-3,5,8-9H2,1H3/t11-/m1/s1. The number of hydrogen-bond donors (Lipinski definition) is 0. The zero-order valence-corrected chi connectivity index (χ0v) is 12.3. The van der Waals surface area contributed by atoms with Crippen molar-refractivity contribution in [1.29, 1.82) is 0 Å². The van der Waals surface area contributed by atoms with Crippen LogP contribution in [0.25, 0.3) is 10.9 Å². The van der Waals surface area contributed by atoms with E-state index in [-0.39, 0.29) is 5.56 Å². The van der Waals surface area contributed by atoms with Crippen LogP contribution in [0.5, 0.6) is 0 Å². The minimum Gasteiger partial charge on any atom is -0.302 e. The van der Waals surface area contributed by atoms with Crippen LogP contribution in [-0.2, 0) is 6.54 Å². The van der Waals surface area contributed by atoms with Crippen molar-refractivity contribution in [2.24, 2.45) is 0 Å². The van der Waals surface area contributed by atoms with Gasteiger partial charge >= 0.3 is 0 Å². The molecule has 2 aromatic rings. The number of fused-ring (bicyclic) bond motifs is 1. The highest BCUT2D eigenvalue weighted by Gasteiger charge is 2.20. The van der Waals surface area contributed by atoms with E-state index in [0.29, 0.717) is 28.5 Å². The van der Waals surface area contributed by atoms with Gasteiger partial charge in [0, 0.05) is 12.6 Å². The van der Waals surface area contributed by atoms with Crippen molar-refractivity contribution in [1.82, 2.24) is 14.5 Å². The van der Waals surface area contributed by atoms with Crippen molar-refractivity contribution in [3.8, 4) is 0 Å². The maximum absolute atomic E-state index is 12.5. The zero-order chi connectivity index (χ0) is 14.1. The third kappa shape index (κ3) is 2.45. The first-order chi connectivity index (χ1) is 9.66. The minimum atomic E-state index is -0.0421. The molecule has 0 unspecified atom stereocenters. The molecule has 2 heterocycles. The summed E-state index contributed by atoms with van der Waals surface area (Å²) in [5.41, 5.74) is 0.621. The van der Waals surface area contributed by atoms with E-state index in [1.807, 2.05) is 12.1 Å². The number of rotatable bonds is 2. The van der Waals surface area contributed by atoms with E-state index in [1.54, 1.807) is 17.0 Å². The predicted octanol–water partition coefficient (Wildman–Crippen LogP) is 2.53. The minimum absolute atomic E-state index is 0.0421. The fourth-order valence-corrected chi connectivity index (χ4v) is 3.14. The Hall–Kier alpha value is -1.39. The molecule has 3 rings (SSSR count). The van der Waals surface area contributed by atoms with Crippen LogP contribution in [0.3, 0.4) is 0 Å². The molecule has 1 aliphatic heterocycles. The first-order valence-corrected chi connectivity index (χ1v) is 7.38. The molecule has 20 heavy (non-hydrogen) atoms. The molecule has 1 saturated heterocycles. The monoisotopic (exact) mass is 291 g/mol. The molecule has 5 heteroatoms. The van der Waals surface area contributed by atoms with Gasteiger partial charge in [-0.3, -0.25) is 9.36 Å². The van der Waals surface area contributed by atoms with Gasteiger partial charge in [0.2, 0.25) is 0 Å². The Bertz CT molecular complexity index is 682. The van der Waals surface area contributed by atoms with Gasteiger partial charge in [-0.2, -0.15) is 0 Å². The van der Waals surface area contributed by atoms with Crippen molar-refractivity contribution in [3.63, 3.8) is 0 Å². The molecular formula is C15H18ClN3O. The van der Waals surface area contributed by atoms with E-state index in [0.717, 1.165) is 13.0 Å². The topological polar surface area (TPSA) is 38.1 Å². The fourth-order valence-electron chi connectivity index (χ4n) is 2.89. The number of hydrogen-bond acceptors (Lipinski definition) is 3. The van der Waals surface area contributed by atoms with Gasteiger partial charge in [0.1, 0.15) is 0 Å². The molecule has 1 fully saturated rings. The van der Waals surface area contributed by atoms with Gasteiger partial charge in [0.05, 0.1) is 22.3 Å². The number of benzene rings is 1. The summed E-state index contributed by atoms with van der Waals surface area (Å²) in [6.45, 7) is 1.78. The van der Waals surface area contributed by atoms with Crippen molar-refractivity contribution in [3.05, 3.63) is 39.9 Å². The number of nitrogens with zero attached hydrogens (tertiary/aromatic N) is 3. The van der Waals surface area contributed by atoms with Crippen LogP contribution in [0.15, 0.2) is 29.3 Å². The molecule has 106 valence electrons. The molecule has 0 radical (unpaired) electrons. The zero-order valence-electron chi connectivity index (χ0n) is 11.6. The molecule has 1 aromatic heterocycles. The van der Waals surface area contributed by atoms with Crippen molar-refractivity contribution in [2.75, 3.05) is 13.6 Å². The summed E-state index contributed by atoms with van der Waals surface area (Å²) in [5, 5.41) is 1.00. The Labute approximate surface area is 123 Å². The molecule has 0 bridgehead atoms. The summed E-state index contributed by atoms with van der Waals surface area (Å²) in [5.74, 6) is 0. The summed E-state index contributed by atoms with van der Waals surface area (Å²) < 4.78 is 1.70. The van der Waals surface area contributed by atoms with Crippen LogP contribution in [0.1, 0.15) is 19.3 Å². The summed E-state index contributed by atoms with van der Waals surface area (Å²) in [6, 6.07) is 5.78. The third-order valence-corrected chi connectivity index (χ3v) is 4.45. The van der Waals surface area contributed by atoms with Gasteiger partial charge in [-0.25, -0.2) is 4.98 Å². The second kappa shape index (κ2) is 5.54. The lowest BCUT2D eigenvalue weighted by Crippen LogP contribution is -2.41. The second-order valence-corrected chi connectivity index (χ2v) is 5.87. The molecule has 0 N–H and O–H groups in total. The first-order valence-electron chi connectivity index (χ1n) is 7.01. The molecule has 1 atom stereocenters. The largest absolute Gasteiger partial charge is 0.302 e. The van der Waals surface area contributed by atoms with Gasteiger partial charge in [0.15, 0.2) is 0 Å². The Kier molecular flexibility index (Phi) is 3.76. The number of likely N-dealkylation sites (tertiary alicyclic amines) is 1. The van der Waals surface area contributed by atoms with Crippen molar-refractivity contribution < 1.29 is 0 Å². The molecule has 0 aliphatic carbocycles. The van der Waals surface area contributed by atoms with Gasteiger partial charge in [0.25, 0.3) is 5.56 Å². The lowest BCUT2D eigenvalue weighted by molar-refractivity contribution is 0.166. The highest BCUT2D eigenvalue weighted by molar-refractivity contribution is 6.35. The van der Waals surface area contributed by atoms with E-state index >= 15 is 0 Å². The lowest BCUT2D eigenvalue weighted by Gasteiger charge is -2.32. The lowest BCUT2D eigenvalue weighted by atomic mass is 10.0. The SMILES string of the molecule is CN1CCCC[C@@H]1Cn1cnc2cccc(Cl)c2c1=O. The third-order valence-electron chi connectivity index (χ3n) is 4.13. The average molecular weight is 292 g/mol. The highest BCUT2D eigenvalue weighted by atomic mass is 35.5. The molecule has 1 aliphatic rings. The number of halogens is 1. The van der Waals surface area contributed by atoms with Crippen LogP contribution in [0.4, 0.5) is 0 Å². The molecular weight excluding hydrogens is 274 g/mol. The predicted molar refractivity (Wildman–Crippen MR) is 81.3 cm³/mol. The van der Waals surface area contributed by atoms with Gasteiger partial charge in [-0.1, -0.05) is 24.1 Å². The van der Waals surface area contributed by atoms with Crippen LogP contribution in [0.2, 0.25) is 5.02 Å². The average Bonchev–Trinajstić information content (AvgIpc) is 2.44. The van der Waals surface area contributed by atoms with Crippen LogP contribution in [0, 0.1) is 0 Å². The Morgan fingerprint density at radius 1 is 1.40 bits per heavy atom. The van der Waals surface area contributed by atoms with Gasteiger partial charge in [-0.15, -0.1) is 0 Å². The van der Waals surface area contributed by atoms with Crippen molar-refractivity contribution >= 4 is 22.5 Å². The maximum Gasteiger partial charge on any atom is 0.262 e. The number of likely N-dealkylation sites (N-methyl/N-ethyl adjacent to an activating group) is 1. The van der Waals surface area contributed by atoms with Crippen LogP contribution in [-0.4, -0.2) is 34.1 Å². The molecule has 0 amide bonds. The fraction of sp³-hybridized carbons (Fsp3) is 0.467. The Balaban J connectivity index is 1.98. The summed E-state index contributed by atoms with van der Waals surface area (Å²) in [6.07, 6.45) is 5.24. The molecule has 1 aromatic carbocycles.